The van der Waals surface area contributed by atoms with Gasteiger partial charge in [-0.2, -0.15) is 0 Å². The minimum absolute atomic E-state index is 0.554. The molecular weight excluding hydrogens is 226 g/mol. The second kappa shape index (κ2) is 5.42. The lowest BCUT2D eigenvalue weighted by Crippen LogP contribution is -2.36. The van der Waals surface area contributed by atoms with E-state index in [0.717, 1.165) is 23.1 Å². The predicted molar refractivity (Wildman–Crippen MR) is 72.2 cm³/mol. The van der Waals surface area contributed by atoms with Crippen molar-refractivity contribution in [2.24, 2.45) is 0 Å². The van der Waals surface area contributed by atoms with Gasteiger partial charge in [-0.1, -0.05) is 19.1 Å². The fourth-order valence-electron chi connectivity index (χ4n) is 1.67. The molecule has 1 heterocycles. The van der Waals surface area contributed by atoms with Crippen LogP contribution in [0.3, 0.4) is 0 Å². The predicted octanol–water partition coefficient (Wildman–Crippen LogP) is 1.88. The summed E-state index contributed by atoms with van der Waals surface area (Å²) in [6.07, 6.45) is 2.50. The summed E-state index contributed by atoms with van der Waals surface area (Å²) in [6.45, 7) is 4.97. The topological polar surface area (TPSA) is 58.0 Å². The zero-order chi connectivity index (χ0) is 13.0. The van der Waals surface area contributed by atoms with Crippen LogP contribution in [0.1, 0.15) is 26.0 Å². The Morgan fingerprint density at radius 1 is 1.28 bits per heavy atom. The lowest BCUT2D eigenvalue weighted by Gasteiger charge is -2.21. The van der Waals surface area contributed by atoms with Gasteiger partial charge in [-0.05, 0) is 25.5 Å². The molecule has 1 aromatic heterocycles. The van der Waals surface area contributed by atoms with Gasteiger partial charge in [0.1, 0.15) is 0 Å². The van der Waals surface area contributed by atoms with Crippen molar-refractivity contribution in [3.8, 4) is 0 Å². The normalized spacial score (nSPS) is 14.6. The first-order valence-corrected chi connectivity index (χ1v) is 6.24. The van der Waals surface area contributed by atoms with Crippen LogP contribution < -0.4 is 5.32 Å². The summed E-state index contributed by atoms with van der Waals surface area (Å²) in [4.78, 5) is 8.87. The molecule has 2 aromatic rings. The molecule has 0 aliphatic heterocycles. The van der Waals surface area contributed by atoms with Crippen LogP contribution in [0.5, 0.6) is 0 Å². The second-order valence-electron chi connectivity index (χ2n) is 4.80. The molecule has 0 saturated heterocycles. The highest BCUT2D eigenvalue weighted by atomic mass is 16.3. The summed E-state index contributed by atoms with van der Waals surface area (Å²) in [5, 5.41) is 13.1. The average molecular weight is 245 g/mol. The van der Waals surface area contributed by atoms with Crippen molar-refractivity contribution in [3.63, 3.8) is 0 Å². The number of aliphatic hydroxyl groups is 1. The highest BCUT2D eigenvalue weighted by Gasteiger charge is 2.16. The molecule has 0 saturated carbocycles. The number of nitrogens with zero attached hydrogens (tertiary/aromatic N) is 2. The standard InChI is InChI=1S/C14H19N3O/c1-3-14(2,18)10-15-8-11-9-16-12-6-4-5-7-13(12)17-11/h4-7,9,15,18H,3,8,10H2,1-2H3. The third-order valence-electron chi connectivity index (χ3n) is 3.07. The quantitative estimate of drug-likeness (QED) is 0.844. The van der Waals surface area contributed by atoms with Crippen molar-refractivity contribution < 1.29 is 5.11 Å². The molecular formula is C14H19N3O. The number of rotatable bonds is 5. The maximum Gasteiger partial charge on any atom is 0.0890 e. The van der Waals surface area contributed by atoms with E-state index in [0.29, 0.717) is 13.1 Å². The van der Waals surface area contributed by atoms with Gasteiger partial charge in [0.05, 0.1) is 28.5 Å². The molecule has 18 heavy (non-hydrogen) atoms. The Balaban J connectivity index is 2.00. The Labute approximate surface area is 107 Å². The minimum Gasteiger partial charge on any atom is -0.389 e. The molecule has 0 aliphatic rings. The first kappa shape index (κ1) is 12.9. The summed E-state index contributed by atoms with van der Waals surface area (Å²) < 4.78 is 0. The van der Waals surface area contributed by atoms with Gasteiger partial charge in [-0.25, -0.2) is 4.98 Å². The van der Waals surface area contributed by atoms with Crippen molar-refractivity contribution in [3.05, 3.63) is 36.2 Å². The fourth-order valence-corrected chi connectivity index (χ4v) is 1.67. The monoisotopic (exact) mass is 245 g/mol. The van der Waals surface area contributed by atoms with E-state index in [9.17, 15) is 5.11 Å². The number of fused-ring (bicyclic) bond motifs is 1. The Morgan fingerprint density at radius 2 is 2.00 bits per heavy atom. The van der Waals surface area contributed by atoms with Crippen LogP contribution in [-0.4, -0.2) is 27.2 Å². The highest BCUT2D eigenvalue weighted by Crippen LogP contribution is 2.09. The van der Waals surface area contributed by atoms with Crippen molar-refractivity contribution in [1.82, 2.24) is 15.3 Å². The third kappa shape index (κ3) is 3.24. The largest absolute Gasteiger partial charge is 0.389 e. The summed E-state index contributed by atoms with van der Waals surface area (Å²) in [5.41, 5.74) is 2.03. The molecule has 2 N–H and O–H groups in total. The van der Waals surface area contributed by atoms with E-state index in [1.165, 1.54) is 0 Å². The first-order chi connectivity index (χ1) is 8.61. The summed E-state index contributed by atoms with van der Waals surface area (Å²) in [6, 6.07) is 7.80. The van der Waals surface area contributed by atoms with Crippen molar-refractivity contribution in [1.29, 1.82) is 0 Å². The van der Waals surface area contributed by atoms with Gasteiger partial charge >= 0.3 is 0 Å². The van der Waals surface area contributed by atoms with E-state index in [2.05, 4.69) is 15.3 Å². The second-order valence-corrected chi connectivity index (χ2v) is 4.80. The van der Waals surface area contributed by atoms with Gasteiger partial charge in [-0.15, -0.1) is 0 Å². The van der Waals surface area contributed by atoms with Crippen LogP contribution >= 0.6 is 0 Å². The van der Waals surface area contributed by atoms with E-state index in [4.69, 9.17) is 0 Å². The van der Waals surface area contributed by atoms with E-state index >= 15 is 0 Å². The van der Waals surface area contributed by atoms with E-state index in [1.807, 2.05) is 38.1 Å². The molecule has 0 bridgehead atoms. The molecule has 1 unspecified atom stereocenters. The van der Waals surface area contributed by atoms with E-state index in [-0.39, 0.29) is 0 Å². The van der Waals surface area contributed by atoms with Gasteiger partial charge in [0, 0.05) is 13.1 Å². The van der Waals surface area contributed by atoms with Gasteiger partial charge in [0.2, 0.25) is 0 Å². The van der Waals surface area contributed by atoms with Crippen LogP contribution in [0.15, 0.2) is 30.5 Å². The van der Waals surface area contributed by atoms with Crippen molar-refractivity contribution in [2.75, 3.05) is 6.54 Å². The van der Waals surface area contributed by atoms with Gasteiger partial charge in [-0.3, -0.25) is 4.98 Å². The molecule has 1 atom stereocenters. The summed E-state index contributed by atoms with van der Waals surface area (Å²) >= 11 is 0. The molecule has 0 radical (unpaired) electrons. The number of nitrogens with one attached hydrogen (secondary N) is 1. The number of hydrogen-bond acceptors (Lipinski definition) is 4. The van der Waals surface area contributed by atoms with Gasteiger partial charge in [0.15, 0.2) is 0 Å². The lowest BCUT2D eigenvalue weighted by molar-refractivity contribution is 0.0555. The maximum atomic E-state index is 9.87. The highest BCUT2D eigenvalue weighted by molar-refractivity contribution is 5.73. The molecule has 0 spiro atoms. The van der Waals surface area contributed by atoms with Crippen LogP contribution in [0.25, 0.3) is 11.0 Å². The van der Waals surface area contributed by atoms with Crippen molar-refractivity contribution >= 4 is 11.0 Å². The Kier molecular flexibility index (Phi) is 3.89. The number of aromatic nitrogens is 2. The smallest absolute Gasteiger partial charge is 0.0890 e. The molecule has 4 heteroatoms. The number of benzene rings is 1. The van der Waals surface area contributed by atoms with Crippen molar-refractivity contribution in [2.45, 2.75) is 32.4 Å². The van der Waals surface area contributed by atoms with E-state index < -0.39 is 5.60 Å². The third-order valence-corrected chi connectivity index (χ3v) is 3.07. The number of para-hydroxylation sites is 2. The minimum atomic E-state index is -0.662. The molecule has 1 aromatic carbocycles. The zero-order valence-corrected chi connectivity index (χ0v) is 10.8. The molecule has 2 rings (SSSR count). The molecule has 0 aliphatic carbocycles. The lowest BCUT2D eigenvalue weighted by atomic mass is 10.0. The summed E-state index contributed by atoms with van der Waals surface area (Å²) in [5.74, 6) is 0. The average Bonchev–Trinajstić information content (AvgIpc) is 2.38. The number of hydrogen-bond donors (Lipinski definition) is 2. The Morgan fingerprint density at radius 3 is 2.72 bits per heavy atom. The van der Waals surface area contributed by atoms with Crippen LogP contribution in [-0.2, 0) is 6.54 Å². The molecule has 0 amide bonds. The summed E-state index contributed by atoms with van der Waals surface area (Å²) in [7, 11) is 0. The maximum absolute atomic E-state index is 9.87. The van der Waals surface area contributed by atoms with Gasteiger partial charge < -0.3 is 10.4 Å². The molecule has 0 fully saturated rings. The van der Waals surface area contributed by atoms with Crippen LogP contribution in [0, 0.1) is 0 Å². The van der Waals surface area contributed by atoms with Crippen LogP contribution in [0.4, 0.5) is 0 Å². The van der Waals surface area contributed by atoms with Gasteiger partial charge in [0.25, 0.3) is 0 Å². The molecule has 4 nitrogen and oxygen atoms in total. The van der Waals surface area contributed by atoms with Crippen LogP contribution in [0.2, 0.25) is 0 Å². The SMILES string of the molecule is CCC(C)(O)CNCc1cnc2ccccc2n1. The zero-order valence-electron chi connectivity index (χ0n) is 10.8. The Bertz CT molecular complexity index is 525. The Hall–Kier alpha value is -1.52. The fraction of sp³-hybridized carbons (Fsp3) is 0.429. The van der Waals surface area contributed by atoms with E-state index in [1.54, 1.807) is 6.20 Å². The first-order valence-electron chi connectivity index (χ1n) is 6.24. The molecule has 96 valence electrons.